The molecule has 0 amide bonds. The van der Waals surface area contributed by atoms with Gasteiger partial charge < -0.3 is 9.47 Å². The second kappa shape index (κ2) is 6.96. The first-order chi connectivity index (χ1) is 8.11. The summed E-state index contributed by atoms with van der Waals surface area (Å²) in [7, 11) is 0. The van der Waals surface area contributed by atoms with Crippen molar-refractivity contribution in [3.8, 4) is 0 Å². The van der Waals surface area contributed by atoms with E-state index in [4.69, 9.17) is 9.47 Å². The number of carbonyl (C=O) groups excluding carboxylic acids is 1. The standard InChI is InChI=1S/C12H16FNO3/c1-9(2)8-16-5-6-17-12(15)10-3-4-14-7-11(10)13/h3-4,7,9H,5-6,8H2,1-2H3. The second-order valence-electron chi connectivity index (χ2n) is 3.96. The van der Waals surface area contributed by atoms with Gasteiger partial charge in [-0.05, 0) is 12.0 Å². The Balaban J connectivity index is 2.29. The van der Waals surface area contributed by atoms with Crippen molar-refractivity contribution in [2.24, 2.45) is 5.92 Å². The molecule has 1 rings (SSSR count). The van der Waals surface area contributed by atoms with E-state index in [0.717, 1.165) is 6.20 Å². The molecule has 0 aliphatic carbocycles. The molecule has 0 fully saturated rings. The van der Waals surface area contributed by atoms with Crippen LogP contribution in [0.3, 0.4) is 0 Å². The summed E-state index contributed by atoms with van der Waals surface area (Å²) in [6.07, 6.45) is 2.32. The molecule has 1 heterocycles. The van der Waals surface area contributed by atoms with Crippen molar-refractivity contribution < 1.29 is 18.7 Å². The summed E-state index contributed by atoms with van der Waals surface area (Å²) in [5, 5.41) is 0. The van der Waals surface area contributed by atoms with Gasteiger partial charge in [0.25, 0.3) is 0 Å². The molecular formula is C12H16FNO3. The van der Waals surface area contributed by atoms with Gasteiger partial charge in [0.1, 0.15) is 6.61 Å². The van der Waals surface area contributed by atoms with Crippen molar-refractivity contribution in [1.29, 1.82) is 0 Å². The predicted molar refractivity (Wildman–Crippen MR) is 60.1 cm³/mol. The zero-order valence-electron chi connectivity index (χ0n) is 9.98. The van der Waals surface area contributed by atoms with E-state index in [-0.39, 0.29) is 12.2 Å². The zero-order chi connectivity index (χ0) is 12.7. The Labute approximate surface area is 99.8 Å². The third-order valence-corrected chi connectivity index (χ3v) is 1.90. The van der Waals surface area contributed by atoms with Crippen LogP contribution in [0.25, 0.3) is 0 Å². The minimum atomic E-state index is -0.696. The molecule has 1 aromatic rings. The molecule has 0 saturated carbocycles. The molecule has 0 spiro atoms. The molecule has 0 saturated heterocycles. The lowest BCUT2D eigenvalue weighted by atomic mass is 10.2. The fraction of sp³-hybridized carbons (Fsp3) is 0.500. The van der Waals surface area contributed by atoms with E-state index in [1.54, 1.807) is 0 Å². The largest absolute Gasteiger partial charge is 0.460 e. The smallest absolute Gasteiger partial charge is 0.341 e. The summed E-state index contributed by atoms with van der Waals surface area (Å²) in [6, 6.07) is 1.28. The first-order valence-corrected chi connectivity index (χ1v) is 5.45. The maximum absolute atomic E-state index is 13.1. The maximum Gasteiger partial charge on any atom is 0.341 e. The van der Waals surface area contributed by atoms with Crippen LogP contribution in [0, 0.1) is 11.7 Å². The Kier molecular flexibility index (Phi) is 5.56. The van der Waals surface area contributed by atoms with Gasteiger partial charge >= 0.3 is 5.97 Å². The van der Waals surface area contributed by atoms with Crippen LogP contribution < -0.4 is 0 Å². The van der Waals surface area contributed by atoms with Crippen molar-refractivity contribution in [2.45, 2.75) is 13.8 Å². The molecule has 0 radical (unpaired) electrons. The summed E-state index contributed by atoms with van der Waals surface area (Å²) in [5.41, 5.74) is -0.108. The van der Waals surface area contributed by atoms with Gasteiger partial charge in [-0.25, -0.2) is 9.18 Å². The molecule has 0 aromatic carbocycles. The van der Waals surface area contributed by atoms with Gasteiger partial charge in [0, 0.05) is 12.8 Å². The van der Waals surface area contributed by atoms with Gasteiger partial charge in [-0.3, -0.25) is 4.98 Å². The molecule has 0 bridgehead atoms. The highest BCUT2D eigenvalue weighted by Crippen LogP contribution is 2.06. The summed E-state index contributed by atoms with van der Waals surface area (Å²) in [5.74, 6) is -0.943. The van der Waals surface area contributed by atoms with Crippen molar-refractivity contribution in [1.82, 2.24) is 4.98 Å². The quantitative estimate of drug-likeness (QED) is 0.565. The van der Waals surface area contributed by atoms with Crippen molar-refractivity contribution in [3.05, 3.63) is 29.8 Å². The monoisotopic (exact) mass is 241 g/mol. The normalized spacial score (nSPS) is 10.6. The van der Waals surface area contributed by atoms with Gasteiger partial charge in [-0.15, -0.1) is 0 Å². The number of carbonyl (C=O) groups is 1. The average Bonchev–Trinajstić information content (AvgIpc) is 2.28. The first kappa shape index (κ1) is 13.6. The van der Waals surface area contributed by atoms with Crippen LogP contribution in [0.4, 0.5) is 4.39 Å². The number of esters is 1. The van der Waals surface area contributed by atoms with Gasteiger partial charge in [0.05, 0.1) is 18.4 Å². The van der Waals surface area contributed by atoms with E-state index >= 15 is 0 Å². The Bertz CT molecular complexity index is 369. The molecule has 17 heavy (non-hydrogen) atoms. The van der Waals surface area contributed by atoms with Crippen molar-refractivity contribution in [2.75, 3.05) is 19.8 Å². The lowest BCUT2D eigenvalue weighted by Crippen LogP contribution is -2.13. The van der Waals surface area contributed by atoms with Crippen LogP contribution in [0.1, 0.15) is 24.2 Å². The number of ether oxygens (including phenoxy) is 2. The first-order valence-electron chi connectivity index (χ1n) is 5.45. The Morgan fingerprint density at radius 3 is 2.88 bits per heavy atom. The number of hydrogen-bond donors (Lipinski definition) is 0. The fourth-order valence-electron chi connectivity index (χ4n) is 1.13. The Hall–Kier alpha value is -1.49. The van der Waals surface area contributed by atoms with Gasteiger partial charge in [-0.1, -0.05) is 13.8 Å². The van der Waals surface area contributed by atoms with E-state index in [0.29, 0.717) is 19.1 Å². The maximum atomic E-state index is 13.1. The van der Waals surface area contributed by atoms with E-state index in [2.05, 4.69) is 4.98 Å². The van der Waals surface area contributed by atoms with Crippen LogP contribution in [0.5, 0.6) is 0 Å². The molecule has 5 heteroatoms. The number of rotatable bonds is 6. The lowest BCUT2D eigenvalue weighted by Gasteiger charge is -2.07. The van der Waals surface area contributed by atoms with Crippen LogP contribution >= 0.6 is 0 Å². The lowest BCUT2D eigenvalue weighted by molar-refractivity contribution is 0.0273. The highest BCUT2D eigenvalue weighted by molar-refractivity contribution is 5.89. The van der Waals surface area contributed by atoms with Crippen LogP contribution in [-0.2, 0) is 9.47 Å². The van der Waals surface area contributed by atoms with Crippen molar-refractivity contribution in [3.63, 3.8) is 0 Å². The molecule has 0 aliphatic heterocycles. The molecular weight excluding hydrogens is 225 g/mol. The third-order valence-electron chi connectivity index (χ3n) is 1.90. The Morgan fingerprint density at radius 2 is 2.24 bits per heavy atom. The Morgan fingerprint density at radius 1 is 1.47 bits per heavy atom. The molecule has 0 atom stereocenters. The summed E-state index contributed by atoms with van der Waals surface area (Å²) < 4.78 is 23.2. The van der Waals surface area contributed by atoms with Crippen molar-refractivity contribution >= 4 is 5.97 Å². The van der Waals surface area contributed by atoms with E-state index in [1.165, 1.54) is 12.3 Å². The number of halogens is 1. The summed E-state index contributed by atoms with van der Waals surface area (Å²) >= 11 is 0. The fourth-order valence-corrected chi connectivity index (χ4v) is 1.13. The highest BCUT2D eigenvalue weighted by Gasteiger charge is 2.12. The topological polar surface area (TPSA) is 48.4 Å². The highest BCUT2D eigenvalue weighted by atomic mass is 19.1. The second-order valence-corrected chi connectivity index (χ2v) is 3.96. The van der Waals surface area contributed by atoms with Crippen LogP contribution in [0.15, 0.2) is 18.5 Å². The molecule has 0 N–H and O–H groups in total. The zero-order valence-corrected chi connectivity index (χ0v) is 9.98. The SMILES string of the molecule is CC(C)COCCOC(=O)c1ccncc1F. The number of pyridine rings is 1. The molecule has 4 nitrogen and oxygen atoms in total. The summed E-state index contributed by atoms with van der Waals surface area (Å²) in [4.78, 5) is 15.0. The predicted octanol–water partition coefficient (Wildman–Crippen LogP) is 2.05. The van der Waals surface area contributed by atoms with Gasteiger partial charge in [0.15, 0.2) is 5.82 Å². The van der Waals surface area contributed by atoms with Gasteiger partial charge in [0.2, 0.25) is 0 Å². The van der Waals surface area contributed by atoms with Crippen LogP contribution in [-0.4, -0.2) is 30.8 Å². The molecule has 0 unspecified atom stereocenters. The average molecular weight is 241 g/mol. The molecule has 1 aromatic heterocycles. The molecule has 94 valence electrons. The number of aromatic nitrogens is 1. The van der Waals surface area contributed by atoms with E-state index in [1.807, 2.05) is 13.8 Å². The van der Waals surface area contributed by atoms with E-state index < -0.39 is 11.8 Å². The van der Waals surface area contributed by atoms with Gasteiger partial charge in [-0.2, -0.15) is 0 Å². The van der Waals surface area contributed by atoms with Crippen LogP contribution in [0.2, 0.25) is 0 Å². The van der Waals surface area contributed by atoms with E-state index in [9.17, 15) is 9.18 Å². The summed E-state index contributed by atoms with van der Waals surface area (Å²) in [6.45, 7) is 5.10. The minimum Gasteiger partial charge on any atom is -0.460 e. The molecule has 0 aliphatic rings. The minimum absolute atomic E-state index is 0.108. The third kappa shape index (κ3) is 4.91. The number of nitrogens with zero attached hydrogens (tertiary/aromatic N) is 1. The number of hydrogen-bond acceptors (Lipinski definition) is 4.